The van der Waals surface area contributed by atoms with E-state index in [4.69, 9.17) is 6.42 Å². The molecule has 0 saturated carbocycles. The second-order valence-electron chi connectivity index (χ2n) is 5.49. The van der Waals surface area contributed by atoms with Crippen molar-refractivity contribution < 1.29 is 9.59 Å². The van der Waals surface area contributed by atoms with Gasteiger partial charge in [0.1, 0.15) is 12.5 Å². The van der Waals surface area contributed by atoms with Crippen LogP contribution >= 0.6 is 0 Å². The first-order valence-corrected chi connectivity index (χ1v) is 7.54. The fraction of sp³-hybridized carbons (Fsp3) is 0.368. The van der Waals surface area contributed by atoms with E-state index in [0.717, 1.165) is 28.7 Å². The summed E-state index contributed by atoms with van der Waals surface area (Å²) in [4.78, 5) is 25.3. The van der Waals surface area contributed by atoms with Crippen molar-refractivity contribution in [3.8, 4) is 24.2 Å². The summed E-state index contributed by atoms with van der Waals surface area (Å²) in [6.07, 6.45) is 6.03. The third-order valence-electron chi connectivity index (χ3n) is 4.08. The molecule has 23 heavy (non-hydrogen) atoms. The van der Waals surface area contributed by atoms with Crippen LogP contribution in [-0.2, 0) is 16.0 Å². The van der Waals surface area contributed by atoms with Crippen LogP contribution in [0.1, 0.15) is 42.0 Å². The van der Waals surface area contributed by atoms with E-state index in [0.29, 0.717) is 0 Å². The van der Waals surface area contributed by atoms with Crippen LogP contribution in [-0.4, -0.2) is 35.4 Å². The quantitative estimate of drug-likeness (QED) is 0.632. The van der Waals surface area contributed by atoms with Gasteiger partial charge in [-0.2, -0.15) is 0 Å². The molecule has 1 aromatic carbocycles. The molecule has 0 bridgehead atoms. The number of terminal acetylenes is 1. The van der Waals surface area contributed by atoms with Gasteiger partial charge in [-0.3, -0.25) is 14.6 Å². The van der Waals surface area contributed by atoms with Crippen LogP contribution in [0.15, 0.2) is 12.1 Å². The lowest BCUT2D eigenvalue weighted by molar-refractivity contribution is -0.142. The lowest BCUT2D eigenvalue weighted by atomic mass is 9.87. The van der Waals surface area contributed by atoms with Crippen LogP contribution in [0.4, 0.5) is 0 Å². The van der Waals surface area contributed by atoms with Crippen LogP contribution in [0.2, 0.25) is 0 Å². The minimum atomic E-state index is -0.813. The largest absolute Gasteiger partial charge is 0.272 e. The smallest absolute Gasteiger partial charge is 0.259 e. The molecule has 118 valence electrons. The number of hydrogen-bond acceptors (Lipinski definition) is 2. The molecule has 1 atom stereocenters. The molecule has 1 heterocycles. The maximum Gasteiger partial charge on any atom is 0.259 e. The average Bonchev–Trinajstić information content (AvgIpc) is 2.72. The maximum atomic E-state index is 12.7. The number of likely N-dealkylation sites (N-methyl/N-ethyl adjacent to an activating group) is 1. The topological polar surface area (TPSA) is 40.6 Å². The zero-order chi connectivity index (χ0) is 17.1. The summed E-state index contributed by atoms with van der Waals surface area (Å²) in [6.45, 7) is 5.80. The van der Waals surface area contributed by atoms with E-state index in [-0.39, 0.29) is 18.4 Å². The van der Waals surface area contributed by atoms with Crippen molar-refractivity contribution in [2.45, 2.75) is 33.1 Å². The third kappa shape index (κ3) is 2.81. The Hall–Kier alpha value is -2.72. The Bertz CT molecular complexity index is 762. The summed E-state index contributed by atoms with van der Waals surface area (Å²) in [6, 6.07) is 3.89. The predicted molar refractivity (Wildman–Crippen MR) is 89.2 cm³/mol. The number of carbonyl (C=O) groups is 2. The highest BCUT2D eigenvalue weighted by Crippen LogP contribution is 2.33. The van der Waals surface area contributed by atoms with E-state index in [1.807, 2.05) is 26.0 Å². The molecule has 0 aromatic heterocycles. The van der Waals surface area contributed by atoms with Crippen molar-refractivity contribution in [2.24, 2.45) is 0 Å². The third-order valence-corrected chi connectivity index (χ3v) is 4.08. The lowest BCUT2D eigenvalue weighted by Gasteiger charge is -2.20. The van der Waals surface area contributed by atoms with Gasteiger partial charge in [0.25, 0.3) is 11.8 Å². The van der Waals surface area contributed by atoms with Crippen molar-refractivity contribution in [3.05, 3.63) is 34.4 Å². The normalized spacial score (nSPS) is 17.1. The fourth-order valence-corrected chi connectivity index (χ4v) is 3.02. The Morgan fingerprint density at radius 3 is 2.52 bits per heavy atom. The van der Waals surface area contributed by atoms with Gasteiger partial charge in [-0.05, 0) is 49.1 Å². The zero-order valence-electron chi connectivity index (χ0n) is 13.9. The highest BCUT2D eigenvalue weighted by atomic mass is 16.2. The van der Waals surface area contributed by atoms with Crippen LogP contribution < -0.4 is 0 Å². The highest BCUT2D eigenvalue weighted by molar-refractivity contribution is 6.10. The van der Waals surface area contributed by atoms with E-state index >= 15 is 0 Å². The number of hydrogen-bond donors (Lipinski definition) is 0. The molecule has 1 saturated heterocycles. The first-order valence-electron chi connectivity index (χ1n) is 7.54. The summed E-state index contributed by atoms with van der Waals surface area (Å²) in [5, 5.41) is 2.65. The molecule has 1 fully saturated rings. The summed E-state index contributed by atoms with van der Waals surface area (Å²) in [5.41, 5.74) is 3.57. The van der Waals surface area contributed by atoms with Gasteiger partial charge in [0.15, 0.2) is 0 Å². The molecule has 1 aliphatic heterocycles. The Balaban J connectivity index is 2.57. The molecule has 2 rings (SSSR count). The number of carbonyl (C=O) groups excluding carboxylic acids is 2. The molecule has 0 spiro atoms. The minimum absolute atomic E-state index is 0.0947. The zero-order valence-corrected chi connectivity index (χ0v) is 13.9. The van der Waals surface area contributed by atoms with Crippen molar-refractivity contribution >= 4 is 11.8 Å². The molecule has 0 radical (unpaired) electrons. The highest BCUT2D eigenvalue weighted by Gasteiger charge is 2.45. The van der Waals surface area contributed by atoms with Crippen molar-refractivity contribution in [1.29, 1.82) is 0 Å². The predicted octanol–water partition coefficient (Wildman–Crippen LogP) is 1.86. The SMILES string of the molecule is C#CCN1C(=O)C(c2c(C)cc(C#CC)cc2CC)C(=O)N1C. The molecule has 1 aliphatic rings. The van der Waals surface area contributed by atoms with Crippen molar-refractivity contribution in [2.75, 3.05) is 13.6 Å². The Labute approximate surface area is 137 Å². The monoisotopic (exact) mass is 308 g/mol. The average molecular weight is 308 g/mol. The number of amides is 2. The van der Waals surface area contributed by atoms with E-state index in [9.17, 15) is 9.59 Å². The molecule has 0 aliphatic carbocycles. The molecule has 4 heteroatoms. The van der Waals surface area contributed by atoms with Crippen LogP contribution in [0.25, 0.3) is 0 Å². The van der Waals surface area contributed by atoms with E-state index in [2.05, 4.69) is 17.8 Å². The van der Waals surface area contributed by atoms with Crippen molar-refractivity contribution in [1.82, 2.24) is 10.0 Å². The van der Waals surface area contributed by atoms with Crippen LogP contribution in [0, 0.1) is 31.1 Å². The van der Waals surface area contributed by atoms with Gasteiger partial charge >= 0.3 is 0 Å². The van der Waals surface area contributed by atoms with Gasteiger partial charge in [-0.15, -0.1) is 12.3 Å². The van der Waals surface area contributed by atoms with E-state index in [1.54, 1.807) is 14.0 Å². The lowest BCUT2D eigenvalue weighted by Crippen LogP contribution is -2.37. The second-order valence-corrected chi connectivity index (χ2v) is 5.49. The van der Waals surface area contributed by atoms with Crippen LogP contribution in [0.3, 0.4) is 0 Å². The molecule has 1 aromatic rings. The summed E-state index contributed by atoms with van der Waals surface area (Å²) in [5.74, 6) is 7.02. The second kappa shape index (κ2) is 6.58. The Kier molecular flexibility index (Phi) is 4.77. The fourth-order valence-electron chi connectivity index (χ4n) is 3.02. The number of benzene rings is 1. The number of aryl methyl sites for hydroxylation is 2. The Morgan fingerprint density at radius 2 is 1.96 bits per heavy atom. The van der Waals surface area contributed by atoms with Gasteiger partial charge in [-0.1, -0.05) is 18.8 Å². The Morgan fingerprint density at radius 1 is 1.26 bits per heavy atom. The first-order chi connectivity index (χ1) is 11.0. The standard InChI is InChI=1S/C19H20N2O2/c1-6-9-14-11-13(4)16(15(8-3)12-14)17-18(22)20(5)21(10-7-2)19(17)23/h2,11-12,17H,8,10H2,1,3-5H3. The van der Waals surface area contributed by atoms with E-state index in [1.165, 1.54) is 10.0 Å². The minimum Gasteiger partial charge on any atom is -0.272 e. The van der Waals surface area contributed by atoms with Gasteiger partial charge in [-0.25, -0.2) is 5.01 Å². The molecule has 4 nitrogen and oxygen atoms in total. The first kappa shape index (κ1) is 16.6. The van der Waals surface area contributed by atoms with Gasteiger partial charge in [0, 0.05) is 12.6 Å². The van der Waals surface area contributed by atoms with Gasteiger partial charge in [0.2, 0.25) is 0 Å². The number of rotatable bonds is 3. The summed E-state index contributed by atoms with van der Waals surface area (Å²) < 4.78 is 0. The maximum absolute atomic E-state index is 12.7. The van der Waals surface area contributed by atoms with E-state index < -0.39 is 5.92 Å². The summed E-state index contributed by atoms with van der Waals surface area (Å²) >= 11 is 0. The van der Waals surface area contributed by atoms with Gasteiger partial charge < -0.3 is 0 Å². The molecule has 2 amide bonds. The molecule has 1 unspecified atom stereocenters. The number of hydrazine groups is 1. The molecular weight excluding hydrogens is 288 g/mol. The molecule has 0 N–H and O–H groups in total. The number of nitrogens with zero attached hydrogens (tertiary/aromatic N) is 2. The van der Waals surface area contributed by atoms with Gasteiger partial charge in [0.05, 0.1) is 0 Å². The molecular formula is C19H20N2O2. The summed E-state index contributed by atoms with van der Waals surface area (Å²) in [7, 11) is 1.58. The van der Waals surface area contributed by atoms with Crippen LogP contribution in [0.5, 0.6) is 0 Å². The van der Waals surface area contributed by atoms with Crippen molar-refractivity contribution in [3.63, 3.8) is 0 Å².